The number of rotatable bonds is 4. The van der Waals surface area contributed by atoms with Gasteiger partial charge in [0.15, 0.2) is 0 Å². The fraction of sp³-hybridized carbons (Fsp3) is 0.389. The topological polar surface area (TPSA) is 105 Å². The molecule has 1 fully saturated rings. The van der Waals surface area contributed by atoms with Crippen LogP contribution in [0, 0.1) is 0 Å². The van der Waals surface area contributed by atoms with E-state index in [-0.39, 0.29) is 17.9 Å². The molecule has 8 heteroatoms. The van der Waals surface area contributed by atoms with E-state index in [1.54, 1.807) is 23.1 Å². The molecule has 8 nitrogen and oxygen atoms in total. The van der Waals surface area contributed by atoms with E-state index >= 15 is 0 Å². The lowest BCUT2D eigenvalue weighted by Gasteiger charge is -2.21. The highest BCUT2D eigenvalue weighted by molar-refractivity contribution is 5.95. The fourth-order valence-electron chi connectivity index (χ4n) is 3.10. The minimum atomic E-state index is -0.537. The van der Waals surface area contributed by atoms with Crippen molar-refractivity contribution in [3.8, 4) is 17.1 Å². The molecule has 3 N–H and O–H groups in total. The number of β-amino-alcohol motifs (C(OH)–C–C–N with tert-alkyl or cyclic N) is 1. The number of ether oxygens (including phenoxy) is 1. The molecule has 0 saturated carbocycles. The van der Waals surface area contributed by atoms with Crippen LogP contribution in [0.1, 0.15) is 10.4 Å². The van der Waals surface area contributed by atoms with Gasteiger partial charge in [0.25, 0.3) is 5.91 Å². The number of carbonyl (C=O) groups excluding carboxylic acids is 1. The highest BCUT2D eigenvalue weighted by atomic mass is 16.5. The van der Waals surface area contributed by atoms with E-state index in [9.17, 15) is 9.90 Å². The second kappa shape index (κ2) is 7.27. The number of anilines is 1. The summed E-state index contributed by atoms with van der Waals surface area (Å²) in [5.74, 6) is 0.411. The van der Waals surface area contributed by atoms with Crippen molar-refractivity contribution in [2.45, 2.75) is 12.1 Å². The Kier molecular flexibility index (Phi) is 5.06. The number of aliphatic hydroxyl groups is 1. The van der Waals surface area contributed by atoms with E-state index in [0.29, 0.717) is 30.2 Å². The van der Waals surface area contributed by atoms with Gasteiger partial charge >= 0.3 is 0 Å². The molecule has 2 heterocycles. The zero-order valence-corrected chi connectivity index (χ0v) is 15.1. The molecule has 0 aliphatic carbocycles. The number of likely N-dealkylation sites (N-methyl/N-ethyl adjacent to an activating group) is 1. The molecule has 2 atom stereocenters. The molecule has 2 aromatic rings. The van der Waals surface area contributed by atoms with E-state index in [2.05, 4.69) is 9.97 Å². The molecule has 0 bridgehead atoms. The Hall–Kier alpha value is -2.71. The number of carbonyl (C=O) groups is 1. The number of aromatic nitrogens is 2. The Labute approximate surface area is 152 Å². The lowest BCUT2D eigenvalue weighted by Crippen LogP contribution is -2.38. The Balaban J connectivity index is 1.78. The second-order valence-electron chi connectivity index (χ2n) is 6.54. The van der Waals surface area contributed by atoms with Gasteiger partial charge in [-0.05, 0) is 26.2 Å². The molecule has 1 saturated heterocycles. The molecule has 1 aromatic heterocycles. The molecule has 0 spiro atoms. The van der Waals surface area contributed by atoms with Gasteiger partial charge in [0.05, 0.1) is 24.9 Å². The maximum Gasteiger partial charge on any atom is 0.253 e. The second-order valence-corrected chi connectivity index (χ2v) is 6.54. The van der Waals surface area contributed by atoms with Crippen molar-refractivity contribution in [3.05, 3.63) is 35.9 Å². The highest BCUT2D eigenvalue weighted by Gasteiger charge is 2.35. The number of nitrogens with two attached hydrogens (primary N) is 1. The van der Waals surface area contributed by atoms with Gasteiger partial charge in [-0.1, -0.05) is 12.1 Å². The van der Waals surface area contributed by atoms with Crippen LogP contribution in [-0.4, -0.2) is 77.2 Å². The maximum absolute atomic E-state index is 12.7. The van der Waals surface area contributed by atoms with Crippen LogP contribution in [0.5, 0.6) is 5.88 Å². The monoisotopic (exact) mass is 357 g/mol. The van der Waals surface area contributed by atoms with Crippen LogP contribution in [0.2, 0.25) is 0 Å². The van der Waals surface area contributed by atoms with Gasteiger partial charge in [-0.15, -0.1) is 0 Å². The lowest BCUT2D eigenvalue weighted by molar-refractivity contribution is 0.0764. The van der Waals surface area contributed by atoms with E-state index in [1.165, 1.54) is 7.11 Å². The number of hydrogen-bond acceptors (Lipinski definition) is 7. The van der Waals surface area contributed by atoms with E-state index < -0.39 is 6.10 Å². The average molecular weight is 357 g/mol. The third-order valence-corrected chi connectivity index (χ3v) is 4.57. The van der Waals surface area contributed by atoms with Crippen molar-refractivity contribution in [3.63, 3.8) is 0 Å². The molecule has 0 unspecified atom stereocenters. The SMILES string of the molecule is COc1cc(-c2ccc(C(=O)N3C[C@H](O)[C@@H](N(C)C)C3)cc2)nc(N)n1. The first kappa shape index (κ1) is 18.1. The first-order chi connectivity index (χ1) is 12.4. The van der Waals surface area contributed by atoms with Crippen LogP contribution >= 0.6 is 0 Å². The molecule has 1 aliphatic rings. The van der Waals surface area contributed by atoms with Crippen LogP contribution in [0.4, 0.5) is 5.95 Å². The van der Waals surface area contributed by atoms with Gasteiger partial charge in [-0.25, -0.2) is 4.98 Å². The van der Waals surface area contributed by atoms with Crippen LogP contribution in [0.15, 0.2) is 30.3 Å². The predicted octanol–water partition coefficient (Wildman–Crippen LogP) is 0.481. The summed E-state index contributed by atoms with van der Waals surface area (Å²) in [5, 5.41) is 10.1. The number of nitrogens with zero attached hydrogens (tertiary/aromatic N) is 4. The van der Waals surface area contributed by atoms with Crippen LogP contribution in [-0.2, 0) is 0 Å². The van der Waals surface area contributed by atoms with E-state index in [4.69, 9.17) is 10.5 Å². The quantitative estimate of drug-likeness (QED) is 0.820. The Morgan fingerprint density at radius 2 is 1.96 bits per heavy atom. The summed E-state index contributed by atoms with van der Waals surface area (Å²) in [7, 11) is 5.31. The van der Waals surface area contributed by atoms with E-state index in [0.717, 1.165) is 5.56 Å². The van der Waals surface area contributed by atoms with Crippen molar-refractivity contribution in [2.24, 2.45) is 0 Å². The van der Waals surface area contributed by atoms with Crippen LogP contribution in [0.25, 0.3) is 11.3 Å². The van der Waals surface area contributed by atoms with Crippen molar-refractivity contribution in [2.75, 3.05) is 40.0 Å². The maximum atomic E-state index is 12.7. The predicted molar refractivity (Wildman–Crippen MR) is 97.8 cm³/mol. The van der Waals surface area contributed by atoms with Gasteiger partial charge in [0.2, 0.25) is 11.8 Å². The summed E-state index contributed by atoms with van der Waals surface area (Å²) in [6.07, 6.45) is -0.537. The van der Waals surface area contributed by atoms with Gasteiger partial charge < -0.3 is 25.4 Å². The highest BCUT2D eigenvalue weighted by Crippen LogP contribution is 2.23. The van der Waals surface area contributed by atoms with E-state index in [1.807, 2.05) is 31.1 Å². The summed E-state index contributed by atoms with van der Waals surface area (Å²) < 4.78 is 5.11. The van der Waals surface area contributed by atoms with Gasteiger partial charge in [0, 0.05) is 30.3 Å². The number of aliphatic hydroxyl groups excluding tert-OH is 1. The van der Waals surface area contributed by atoms with Gasteiger partial charge in [-0.2, -0.15) is 4.98 Å². The summed E-state index contributed by atoms with van der Waals surface area (Å²) in [6, 6.07) is 8.76. The number of nitrogen functional groups attached to an aromatic ring is 1. The van der Waals surface area contributed by atoms with Gasteiger partial charge in [0.1, 0.15) is 0 Å². The zero-order valence-electron chi connectivity index (χ0n) is 15.1. The lowest BCUT2D eigenvalue weighted by atomic mass is 10.1. The molecule has 138 valence electrons. The summed E-state index contributed by atoms with van der Waals surface area (Å²) in [4.78, 5) is 24.5. The van der Waals surface area contributed by atoms with Crippen molar-refractivity contribution in [1.82, 2.24) is 19.8 Å². The van der Waals surface area contributed by atoms with Gasteiger partial charge in [-0.3, -0.25) is 4.79 Å². The summed E-state index contributed by atoms with van der Waals surface area (Å²) in [5.41, 5.74) is 7.69. The molecule has 0 radical (unpaired) electrons. The average Bonchev–Trinajstić information content (AvgIpc) is 3.02. The van der Waals surface area contributed by atoms with Crippen molar-refractivity contribution >= 4 is 11.9 Å². The molecule has 1 amide bonds. The molecule has 1 aromatic carbocycles. The fourth-order valence-corrected chi connectivity index (χ4v) is 3.10. The third-order valence-electron chi connectivity index (χ3n) is 4.57. The first-order valence-electron chi connectivity index (χ1n) is 8.32. The minimum absolute atomic E-state index is 0.0466. The Bertz CT molecular complexity index is 794. The normalized spacial score (nSPS) is 19.8. The third kappa shape index (κ3) is 3.61. The summed E-state index contributed by atoms with van der Waals surface area (Å²) >= 11 is 0. The van der Waals surface area contributed by atoms with Crippen LogP contribution < -0.4 is 10.5 Å². The molecular formula is C18H23N5O3. The first-order valence-corrected chi connectivity index (χ1v) is 8.32. The smallest absolute Gasteiger partial charge is 0.253 e. The summed E-state index contributed by atoms with van der Waals surface area (Å²) in [6.45, 7) is 0.845. The number of amides is 1. The Morgan fingerprint density at radius 3 is 2.54 bits per heavy atom. The molecule has 1 aliphatic heterocycles. The molecule has 3 rings (SSSR count). The van der Waals surface area contributed by atoms with Crippen LogP contribution in [0.3, 0.4) is 0 Å². The van der Waals surface area contributed by atoms with Crippen molar-refractivity contribution in [1.29, 1.82) is 0 Å². The number of benzene rings is 1. The Morgan fingerprint density at radius 1 is 1.27 bits per heavy atom. The molecule has 26 heavy (non-hydrogen) atoms. The number of methoxy groups -OCH3 is 1. The number of hydrogen-bond donors (Lipinski definition) is 2. The zero-order chi connectivity index (χ0) is 18.8. The minimum Gasteiger partial charge on any atom is -0.481 e. The largest absolute Gasteiger partial charge is 0.481 e. The molecular weight excluding hydrogens is 334 g/mol. The van der Waals surface area contributed by atoms with Crippen molar-refractivity contribution < 1.29 is 14.6 Å². The standard InChI is InChI=1S/C18H23N5O3/c1-22(2)14-9-23(10-15(14)24)17(25)12-6-4-11(5-7-12)13-8-16(26-3)21-18(19)20-13/h4-8,14-15,24H,9-10H2,1-3H3,(H2,19,20,21)/t14-,15-/m0/s1. The number of likely N-dealkylation sites (tertiary alicyclic amines) is 1.